The fourth-order valence-corrected chi connectivity index (χ4v) is 4.91. The number of thiophene rings is 1. The molecular weight excluding hydrogens is 400 g/mol. The number of ether oxygens (including phenoxy) is 2. The van der Waals surface area contributed by atoms with E-state index in [2.05, 4.69) is 10.6 Å². The van der Waals surface area contributed by atoms with Crippen molar-refractivity contribution in [3.8, 4) is 5.75 Å². The number of carbonyl (C=O) groups is 2. The molecule has 0 atom stereocenters. The van der Waals surface area contributed by atoms with Crippen molar-refractivity contribution in [2.75, 3.05) is 32.2 Å². The van der Waals surface area contributed by atoms with Gasteiger partial charge in [-0.1, -0.05) is 12.1 Å². The molecule has 0 saturated heterocycles. The zero-order valence-corrected chi connectivity index (χ0v) is 18.5. The number of benzene rings is 1. The number of nitrogens with one attached hydrogen (secondary N) is 2. The van der Waals surface area contributed by atoms with Gasteiger partial charge in [-0.3, -0.25) is 9.59 Å². The molecule has 0 saturated carbocycles. The largest absolute Gasteiger partial charge is 0.497 e. The van der Waals surface area contributed by atoms with E-state index in [1.807, 2.05) is 31.2 Å². The zero-order chi connectivity index (χ0) is 21.3. The lowest BCUT2D eigenvalue weighted by atomic mass is 9.95. The number of anilines is 1. The lowest BCUT2D eigenvalue weighted by molar-refractivity contribution is -0.115. The zero-order valence-electron chi connectivity index (χ0n) is 17.7. The van der Waals surface area contributed by atoms with Crippen molar-refractivity contribution < 1.29 is 19.1 Å². The van der Waals surface area contributed by atoms with Crippen LogP contribution in [0.2, 0.25) is 0 Å². The van der Waals surface area contributed by atoms with E-state index in [1.54, 1.807) is 18.4 Å². The first kappa shape index (κ1) is 22.3. The summed E-state index contributed by atoms with van der Waals surface area (Å²) in [6, 6.07) is 7.44. The van der Waals surface area contributed by atoms with Crippen LogP contribution in [-0.4, -0.2) is 38.7 Å². The molecule has 0 fully saturated rings. The molecule has 0 aliphatic heterocycles. The minimum absolute atomic E-state index is 0.106. The monoisotopic (exact) mass is 430 g/mol. The van der Waals surface area contributed by atoms with Crippen LogP contribution in [0.3, 0.4) is 0 Å². The van der Waals surface area contributed by atoms with Gasteiger partial charge in [-0.15, -0.1) is 11.3 Å². The van der Waals surface area contributed by atoms with E-state index < -0.39 is 0 Å². The Bertz CT molecular complexity index is 861. The van der Waals surface area contributed by atoms with Gasteiger partial charge < -0.3 is 20.1 Å². The van der Waals surface area contributed by atoms with Crippen molar-refractivity contribution in [3.63, 3.8) is 0 Å². The van der Waals surface area contributed by atoms with E-state index in [-0.39, 0.29) is 18.2 Å². The summed E-state index contributed by atoms with van der Waals surface area (Å²) in [7, 11) is 1.61. The Morgan fingerprint density at radius 1 is 1.13 bits per heavy atom. The number of fused-ring (bicyclic) bond motifs is 1. The Labute approximate surface area is 182 Å². The summed E-state index contributed by atoms with van der Waals surface area (Å²) >= 11 is 1.55. The predicted octanol–water partition coefficient (Wildman–Crippen LogP) is 3.97. The second-order valence-corrected chi connectivity index (χ2v) is 8.40. The standard InChI is InChI=1S/C23H30N2O4S/c1-3-29-14-6-13-24-22(27)21-18-7-4-5-8-19(18)30-23(21)25-20(26)15-16-9-11-17(28-2)12-10-16/h9-12H,3-8,13-15H2,1-2H3,(H,24,27)(H,25,26). The summed E-state index contributed by atoms with van der Waals surface area (Å²) in [5, 5.41) is 6.66. The van der Waals surface area contributed by atoms with Crippen molar-refractivity contribution in [2.45, 2.75) is 45.4 Å². The van der Waals surface area contributed by atoms with Gasteiger partial charge >= 0.3 is 0 Å². The lowest BCUT2D eigenvalue weighted by Crippen LogP contribution is -2.27. The fourth-order valence-electron chi connectivity index (χ4n) is 3.60. The number of rotatable bonds is 10. The summed E-state index contributed by atoms with van der Waals surface area (Å²) < 4.78 is 10.5. The van der Waals surface area contributed by atoms with E-state index in [9.17, 15) is 9.59 Å². The Morgan fingerprint density at radius 2 is 1.90 bits per heavy atom. The molecule has 162 valence electrons. The predicted molar refractivity (Wildman–Crippen MR) is 120 cm³/mol. The minimum Gasteiger partial charge on any atom is -0.497 e. The molecule has 2 amide bonds. The first-order valence-corrected chi connectivity index (χ1v) is 11.4. The van der Waals surface area contributed by atoms with Crippen molar-refractivity contribution >= 4 is 28.2 Å². The molecule has 0 spiro atoms. The van der Waals surface area contributed by atoms with Crippen LogP contribution in [0.4, 0.5) is 5.00 Å². The van der Waals surface area contributed by atoms with Crippen LogP contribution in [0.15, 0.2) is 24.3 Å². The first-order valence-electron chi connectivity index (χ1n) is 10.6. The van der Waals surface area contributed by atoms with Gasteiger partial charge in [0.05, 0.1) is 19.1 Å². The van der Waals surface area contributed by atoms with Crippen LogP contribution >= 0.6 is 11.3 Å². The van der Waals surface area contributed by atoms with Crippen LogP contribution in [0.1, 0.15) is 52.5 Å². The minimum atomic E-state index is -0.121. The molecule has 6 nitrogen and oxygen atoms in total. The molecule has 1 aromatic carbocycles. The highest BCUT2D eigenvalue weighted by atomic mass is 32.1. The maximum atomic E-state index is 12.9. The maximum absolute atomic E-state index is 12.9. The molecule has 0 bridgehead atoms. The van der Waals surface area contributed by atoms with Gasteiger partial charge in [-0.25, -0.2) is 0 Å². The van der Waals surface area contributed by atoms with E-state index in [0.29, 0.717) is 30.3 Å². The lowest BCUT2D eigenvalue weighted by Gasteiger charge is -2.13. The summed E-state index contributed by atoms with van der Waals surface area (Å²) in [6.45, 7) is 3.82. The van der Waals surface area contributed by atoms with Crippen LogP contribution in [0.5, 0.6) is 5.75 Å². The highest BCUT2D eigenvalue weighted by Crippen LogP contribution is 2.38. The topological polar surface area (TPSA) is 76.7 Å². The smallest absolute Gasteiger partial charge is 0.254 e. The molecule has 2 N–H and O–H groups in total. The number of amides is 2. The van der Waals surface area contributed by atoms with E-state index in [4.69, 9.17) is 9.47 Å². The van der Waals surface area contributed by atoms with Crippen molar-refractivity contribution in [2.24, 2.45) is 0 Å². The first-order chi connectivity index (χ1) is 14.6. The normalized spacial score (nSPS) is 12.9. The van der Waals surface area contributed by atoms with Gasteiger partial charge in [0.25, 0.3) is 5.91 Å². The molecule has 0 unspecified atom stereocenters. The molecule has 1 aromatic heterocycles. The number of hydrogen-bond acceptors (Lipinski definition) is 5. The quantitative estimate of drug-likeness (QED) is 0.559. The molecule has 30 heavy (non-hydrogen) atoms. The Hall–Kier alpha value is -2.38. The molecular formula is C23H30N2O4S. The van der Waals surface area contributed by atoms with Crippen LogP contribution in [0.25, 0.3) is 0 Å². The fraction of sp³-hybridized carbons (Fsp3) is 0.478. The number of hydrogen-bond donors (Lipinski definition) is 2. The highest BCUT2D eigenvalue weighted by Gasteiger charge is 2.26. The Balaban J connectivity index is 1.69. The van der Waals surface area contributed by atoms with Crippen molar-refractivity contribution in [3.05, 3.63) is 45.8 Å². The van der Waals surface area contributed by atoms with Crippen molar-refractivity contribution in [1.29, 1.82) is 0 Å². The average molecular weight is 431 g/mol. The molecule has 1 heterocycles. The number of aryl methyl sites for hydroxylation is 1. The van der Waals surface area contributed by atoms with Crippen LogP contribution < -0.4 is 15.4 Å². The third-order valence-corrected chi connectivity index (χ3v) is 6.34. The number of methoxy groups -OCH3 is 1. The average Bonchev–Trinajstić information content (AvgIpc) is 3.11. The molecule has 0 radical (unpaired) electrons. The molecule has 1 aliphatic carbocycles. The van der Waals surface area contributed by atoms with Gasteiger partial charge in [-0.2, -0.15) is 0 Å². The van der Waals surface area contributed by atoms with Gasteiger partial charge in [0.1, 0.15) is 10.8 Å². The second kappa shape index (κ2) is 11.1. The molecule has 7 heteroatoms. The Morgan fingerprint density at radius 3 is 2.63 bits per heavy atom. The molecule has 1 aliphatic rings. The van der Waals surface area contributed by atoms with E-state index in [1.165, 1.54) is 4.88 Å². The van der Waals surface area contributed by atoms with Crippen LogP contribution in [-0.2, 0) is 28.8 Å². The van der Waals surface area contributed by atoms with Gasteiger partial charge in [-0.05, 0) is 62.3 Å². The van der Waals surface area contributed by atoms with Gasteiger partial charge in [0.15, 0.2) is 0 Å². The highest BCUT2D eigenvalue weighted by molar-refractivity contribution is 7.17. The van der Waals surface area contributed by atoms with E-state index in [0.717, 1.165) is 49.0 Å². The van der Waals surface area contributed by atoms with Gasteiger partial charge in [0, 0.05) is 24.6 Å². The maximum Gasteiger partial charge on any atom is 0.254 e. The SMILES string of the molecule is CCOCCCNC(=O)c1c(NC(=O)Cc2ccc(OC)cc2)sc2c1CCCC2. The van der Waals surface area contributed by atoms with Crippen molar-refractivity contribution in [1.82, 2.24) is 5.32 Å². The van der Waals surface area contributed by atoms with Gasteiger partial charge in [0.2, 0.25) is 5.91 Å². The summed E-state index contributed by atoms with van der Waals surface area (Å²) in [4.78, 5) is 26.8. The number of carbonyl (C=O) groups excluding carboxylic acids is 2. The second-order valence-electron chi connectivity index (χ2n) is 7.29. The summed E-state index contributed by atoms with van der Waals surface area (Å²) in [5.41, 5.74) is 2.65. The summed E-state index contributed by atoms with van der Waals surface area (Å²) in [6.07, 6.45) is 5.09. The molecule has 3 rings (SSSR count). The molecule has 2 aromatic rings. The Kier molecular flexibility index (Phi) is 8.28. The van der Waals surface area contributed by atoms with Crippen LogP contribution in [0, 0.1) is 0 Å². The van der Waals surface area contributed by atoms with E-state index >= 15 is 0 Å². The third kappa shape index (κ3) is 5.83. The summed E-state index contributed by atoms with van der Waals surface area (Å²) in [5.74, 6) is 0.531. The third-order valence-electron chi connectivity index (χ3n) is 5.13.